The summed E-state index contributed by atoms with van der Waals surface area (Å²) in [5.41, 5.74) is 1.14. The first kappa shape index (κ1) is 12.3. The van der Waals surface area contributed by atoms with Crippen LogP contribution < -0.4 is 0 Å². The van der Waals surface area contributed by atoms with Gasteiger partial charge in [-0.1, -0.05) is 30.3 Å². The highest BCUT2D eigenvalue weighted by Gasteiger charge is 2.25. The number of carbonyl (C=O) groups excluding carboxylic acids is 1. The molecule has 2 rings (SSSR count). The van der Waals surface area contributed by atoms with Gasteiger partial charge < -0.3 is 14.3 Å². The van der Waals surface area contributed by atoms with Crippen LogP contribution in [-0.2, 0) is 20.9 Å². The summed E-state index contributed by atoms with van der Waals surface area (Å²) in [5, 5.41) is 0. The number of benzene rings is 1. The Morgan fingerprint density at radius 3 is 2.94 bits per heavy atom. The van der Waals surface area contributed by atoms with E-state index in [1.807, 2.05) is 30.3 Å². The first-order chi connectivity index (χ1) is 8.40. The van der Waals surface area contributed by atoms with Gasteiger partial charge in [0.1, 0.15) is 6.29 Å². The van der Waals surface area contributed by atoms with Gasteiger partial charge in [0.2, 0.25) is 0 Å². The summed E-state index contributed by atoms with van der Waals surface area (Å²) in [6.45, 7) is 1.81. The molecule has 0 bridgehead atoms. The summed E-state index contributed by atoms with van der Waals surface area (Å²) in [6.07, 6.45) is 2.82. The second-order valence-electron chi connectivity index (χ2n) is 4.35. The van der Waals surface area contributed by atoms with Crippen molar-refractivity contribution >= 4 is 6.29 Å². The van der Waals surface area contributed by atoms with Gasteiger partial charge in [-0.05, 0) is 18.4 Å². The molecule has 1 aromatic carbocycles. The second-order valence-corrected chi connectivity index (χ2v) is 4.35. The largest absolute Gasteiger partial charge is 0.375 e. The van der Waals surface area contributed by atoms with Gasteiger partial charge in [0.15, 0.2) is 0 Å². The van der Waals surface area contributed by atoms with Gasteiger partial charge in [-0.2, -0.15) is 0 Å². The van der Waals surface area contributed by atoms with Gasteiger partial charge in [-0.25, -0.2) is 0 Å². The Hall–Kier alpha value is -1.19. The maximum absolute atomic E-state index is 10.9. The van der Waals surface area contributed by atoms with E-state index in [0.717, 1.165) is 31.3 Å². The molecule has 3 nitrogen and oxygen atoms in total. The number of hydrogen-bond donors (Lipinski definition) is 0. The Balaban J connectivity index is 1.75. The van der Waals surface area contributed by atoms with Gasteiger partial charge >= 0.3 is 0 Å². The highest BCUT2D eigenvalue weighted by Crippen LogP contribution is 2.19. The van der Waals surface area contributed by atoms with Crippen LogP contribution >= 0.6 is 0 Å². The Kier molecular flexibility index (Phi) is 4.71. The quantitative estimate of drug-likeness (QED) is 0.733. The molecule has 0 amide bonds. The van der Waals surface area contributed by atoms with Crippen LogP contribution in [0.3, 0.4) is 0 Å². The van der Waals surface area contributed by atoms with Crippen molar-refractivity contribution in [1.82, 2.24) is 0 Å². The van der Waals surface area contributed by atoms with Crippen LogP contribution in [-0.4, -0.2) is 25.6 Å². The summed E-state index contributed by atoms with van der Waals surface area (Å²) < 4.78 is 11.2. The zero-order valence-electron chi connectivity index (χ0n) is 9.88. The monoisotopic (exact) mass is 234 g/mol. The number of ether oxygens (including phenoxy) is 2. The second kappa shape index (κ2) is 6.52. The molecule has 1 heterocycles. The van der Waals surface area contributed by atoms with Crippen molar-refractivity contribution in [2.24, 2.45) is 5.92 Å². The molecule has 1 aliphatic rings. The van der Waals surface area contributed by atoms with Crippen molar-refractivity contribution in [2.75, 3.05) is 13.2 Å². The minimum Gasteiger partial charge on any atom is -0.375 e. The van der Waals surface area contributed by atoms with Crippen LogP contribution in [0.1, 0.15) is 18.4 Å². The number of rotatable bonds is 5. The number of carbonyl (C=O) groups is 1. The lowest BCUT2D eigenvalue weighted by Crippen LogP contribution is -2.34. The molecule has 0 aliphatic carbocycles. The Morgan fingerprint density at radius 1 is 1.35 bits per heavy atom. The van der Waals surface area contributed by atoms with Crippen molar-refractivity contribution in [2.45, 2.75) is 25.6 Å². The maximum Gasteiger partial charge on any atom is 0.125 e. The van der Waals surface area contributed by atoms with Gasteiger partial charge in [0.25, 0.3) is 0 Å². The first-order valence-electron chi connectivity index (χ1n) is 6.08. The highest BCUT2D eigenvalue weighted by molar-refractivity contribution is 5.54. The molecule has 1 aliphatic heterocycles. The molecule has 1 saturated heterocycles. The zero-order valence-corrected chi connectivity index (χ0v) is 9.88. The molecule has 1 fully saturated rings. The molecule has 92 valence electrons. The molecule has 17 heavy (non-hydrogen) atoms. The minimum atomic E-state index is -0.0648. The molecule has 2 unspecified atom stereocenters. The fraction of sp³-hybridized carbons (Fsp3) is 0.500. The smallest absolute Gasteiger partial charge is 0.125 e. The Labute approximate surface area is 102 Å². The number of aldehydes is 1. The lowest BCUT2D eigenvalue weighted by Gasteiger charge is -2.27. The van der Waals surface area contributed by atoms with E-state index in [9.17, 15) is 4.79 Å². The summed E-state index contributed by atoms with van der Waals surface area (Å²) in [6, 6.07) is 10.0. The third-order valence-electron chi connectivity index (χ3n) is 3.06. The normalized spacial score (nSPS) is 24.5. The number of hydrogen-bond acceptors (Lipinski definition) is 3. The topological polar surface area (TPSA) is 35.5 Å². The lowest BCUT2D eigenvalue weighted by molar-refractivity contribution is -0.125. The fourth-order valence-electron chi connectivity index (χ4n) is 2.06. The Morgan fingerprint density at radius 2 is 2.18 bits per heavy atom. The van der Waals surface area contributed by atoms with Crippen LogP contribution in [0.4, 0.5) is 0 Å². The van der Waals surface area contributed by atoms with E-state index in [4.69, 9.17) is 9.47 Å². The molecule has 0 spiro atoms. The van der Waals surface area contributed by atoms with Crippen LogP contribution in [0.15, 0.2) is 30.3 Å². The molecule has 1 aromatic rings. The zero-order chi connectivity index (χ0) is 11.9. The minimum absolute atomic E-state index is 0.000441. The maximum atomic E-state index is 10.9. The third-order valence-corrected chi connectivity index (χ3v) is 3.06. The molecule has 0 aromatic heterocycles. The molecular weight excluding hydrogens is 216 g/mol. The summed E-state index contributed by atoms with van der Waals surface area (Å²) in [7, 11) is 0. The molecular formula is C14H18O3. The predicted molar refractivity (Wildman–Crippen MR) is 64.6 cm³/mol. The van der Waals surface area contributed by atoms with E-state index in [0.29, 0.717) is 13.2 Å². The fourth-order valence-corrected chi connectivity index (χ4v) is 2.06. The summed E-state index contributed by atoms with van der Waals surface area (Å²) >= 11 is 0. The summed E-state index contributed by atoms with van der Waals surface area (Å²) in [5.74, 6) is -0.000441. The average molecular weight is 234 g/mol. The third kappa shape index (κ3) is 3.65. The molecule has 0 saturated carbocycles. The lowest BCUT2D eigenvalue weighted by atomic mass is 9.96. The van der Waals surface area contributed by atoms with Crippen LogP contribution in [0.2, 0.25) is 0 Å². The van der Waals surface area contributed by atoms with E-state index < -0.39 is 0 Å². The first-order valence-corrected chi connectivity index (χ1v) is 6.08. The van der Waals surface area contributed by atoms with Crippen molar-refractivity contribution in [1.29, 1.82) is 0 Å². The highest BCUT2D eigenvalue weighted by atomic mass is 16.5. The van der Waals surface area contributed by atoms with Crippen LogP contribution in [0, 0.1) is 5.92 Å². The predicted octanol–water partition coefficient (Wildman–Crippen LogP) is 2.20. The molecule has 0 radical (unpaired) electrons. The van der Waals surface area contributed by atoms with E-state index >= 15 is 0 Å². The SMILES string of the molecule is O=CC1CCCOC1COCc1ccccc1. The van der Waals surface area contributed by atoms with E-state index in [2.05, 4.69) is 0 Å². The summed E-state index contributed by atoms with van der Waals surface area (Å²) in [4.78, 5) is 10.9. The van der Waals surface area contributed by atoms with Crippen molar-refractivity contribution < 1.29 is 14.3 Å². The van der Waals surface area contributed by atoms with E-state index in [-0.39, 0.29) is 12.0 Å². The Bertz CT molecular complexity index is 337. The van der Waals surface area contributed by atoms with Gasteiger partial charge in [0.05, 0.1) is 19.3 Å². The van der Waals surface area contributed by atoms with Gasteiger partial charge in [-0.15, -0.1) is 0 Å². The van der Waals surface area contributed by atoms with Gasteiger partial charge in [0, 0.05) is 12.5 Å². The molecule has 3 heteroatoms. The van der Waals surface area contributed by atoms with E-state index in [1.165, 1.54) is 0 Å². The van der Waals surface area contributed by atoms with Crippen LogP contribution in [0.25, 0.3) is 0 Å². The molecule has 2 atom stereocenters. The van der Waals surface area contributed by atoms with Crippen molar-refractivity contribution in [3.63, 3.8) is 0 Å². The van der Waals surface area contributed by atoms with Gasteiger partial charge in [-0.3, -0.25) is 0 Å². The average Bonchev–Trinajstić information content (AvgIpc) is 2.40. The standard InChI is InChI=1S/C14H18O3/c15-9-13-7-4-8-17-14(13)11-16-10-12-5-2-1-3-6-12/h1-3,5-6,9,13-14H,4,7-8,10-11H2. The van der Waals surface area contributed by atoms with Crippen molar-refractivity contribution in [3.05, 3.63) is 35.9 Å². The van der Waals surface area contributed by atoms with Crippen LogP contribution in [0.5, 0.6) is 0 Å². The van der Waals surface area contributed by atoms with E-state index in [1.54, 1.807) is 0 Å². The molecule has 0 N–H and O–H groups in total. The van der Waals surface area contributed by atoms with Crippen molar-refractivity contribution in [3.8, 4) is 0 Å².